The Balaban J connectivity index is 2.19. The van der Waals surface area contributed by atoms with Crippen LogP contribution in [0.15, 0.2) is 36.5 Å². The average molecular weight is 246 g/mol. The van der Waals surface area contributed by atoms with E-state index >= 15 is 0 Å². The molecule has 0 spiro atoms. The maximum absolute atomic E-state index is 13.4. The summed E-state index contributed by atoms with van der Waals surface area (Å²) in [6.45, 7) is 1.87. The molecule has 0 aliphatic heterocycles. The van der Waals surface area contributed by atoms with E-state index in [2.05, 4.69) is 10.3 Å². The first-order valence-corrected chi connectivity index (χ1v) is 5.29. The number of nitrogens with zero attached hydrogens (tertiary/aromatic N) is 1. The second-order valence-electron chi connectivity index (χ2n) is 3.84. The van der Waals surface area contributed by atoms with Gasteiger partial charge in [0.1, 0.15) is 17.4 Å². The minimum atomic E-state index is -0.778. The number of rotatable bonds is 2. The maximum atomic E-state index is 13.4. The monoisotopic (exact) mass is 246 g/mol. The molecule has 1 aromatic carbocycles. The summed E-state index contributed by atoms with van der Waals surface area (Å²) in [6, 6.07) is 6.77. The van der Waals surface area contributed by atoms with Crippen molar-refractivity contribution in [2.45, 2.75) is 6.92 Å². The van der Waals surface area contributed by atoms with E-state index in [9.17, 15) is 9.18 Å². The first-order chi connectivity index (χ1) is 8.56. The van der Waals surface area contributed by atoms with Gasteiger partial charge in [0.2, 0.25) is 0 Å². The topological polar surface area (TPSA) is 62.2 Å². The smallest absolute Gasteiger partial charge is 0.259 e. The third kappa shape index (κ3) is 2.63. The number of aromatic nitrogens is 1. The van der Waals surface area contributed by atoms with Crippen LogP contribution in [0, 0.1) is 12.7 Å². The zero-order chi connectivity index (χ0) is 13.1. The second kappa shape index (κ2) is 4.83. The molecule has 0 saturated carbocycles. The van der Waals surface area contributed by atoms with Crippen LogP contribution in [-0.2, 0) is 0 Å². The lowest BCUT2D eigenvalue weighted by atomic mass is 10.2. The number of halogens is 1. The van der Waals surface area contributed by atoms with Gasteiger partial charge in [0.05, 0.1) is 5.56 Å². The van der Waals surface area contributed by atoms with Crippen LogP contribution in [0.25, 0.3) is 0 Å². The summed E-state index contributed by atoms with van der Waals surface area (Å²) in [5.41, 5.74) is 0.819. The van der Waals surface area contributed by atoms with E-state index in [0.717, 1.165) is 11.6 Å². The predicted octanol–water partition coefficient (Wildman–Crippen LogP) is 2.49. The zero-order valence-corrected chi connectivity index (χ0v) is 9.64. The fourth-order valence-corrected chi connectivity index (χ4v) is 1.41. The van der Waals surface area contributed by atoms with Gasteiger partial charge in [-0.3, -0.25) is 4.79 Å². The number of pyridine rings is 1. The Labute approximate surface area is 103 Å². The molecule has 0 aliphatic carbocycles. The number of amides is 1. The number of nitrogens with one attached hydrogen (secondary N) is 1. The Hall–Kier alpha value is -2.43. The van der Waals surface area contributed by atoms with Crippen molar-refractivity contribution in [2.24, 2.45) is 0 Å². The van der Waals surface area contributed by atoms with Crippen LogP contribution >= 0.6 is 0 Å². The summed E-state index contributed by atoms with van der Waals surface area (Å²) in [5, 5.41) is 11.5. The fourth-order valence-electron chi connectivity index (χ4n) is 1.41. The fraction of sp³-hybridized carbons (Fsp3) is 0.0769. The van der Waals surface area contributed by atoms with E-state index in [1.807, 2.05) is 6.92 Å². The number of hydrogen-bond acceptors (Lipinski definition) is 3. The number of anilines is 1. The molecule has 1 heterocycles. The summed E-state index contributed by atoms with van der Waals surface area (Å²) in [6.07, 6.45) is 1.60. The highest BCUT2D eigenvalue weighted by Gasteiger charge is 2.12. The molecule has 4 nitrogen and oxygen atoms in total. The highest BCUT2D eigenvalue weighted by Crippen LogP contribution is 2.16. The third-order valence-electron chi connectivity index (χ3n) is 2.35. The molecule has 0 fully saturated rings. The molecule has 1 amide bonds. The van der Waals surface area contributed by atoms with Crippen LogP contribution in [0.1, 0.15) is 15.9 Å². The average Bonchev–Trinajstić information content (AvgIpc) is 2.32. The molecule has 18 heavy (non-hydrogen) atoms. The van der Waals surface area contributed by atoms with E-state index < -0.39 is 11.7 Å². The normalized spacial score (nSPS) is 10.1. The Morgan fingerprint density at radius 1 is 1.33 bits per heavy atom. The summed E-state index contributed by atoms with van der Waals surface area (Å²) < 4.78 is 13.4. The predicted molar refractivity (Wildman–Crippen MR) is 65.0 cm³/mol. The SMILES string of the molecule is Cc1ccc(NC(=O)c2ccc(O)cc2F)nc1. The molecule has 92 valence electrons. The van der Waals surface area contributed by atoms with Crippen molar-refractivity contribution in [3.05, 3.63) is 53.5 Å². The molecular formula is C13H11FN2O2. The van der Waals surface area contributed by atoms with Crippen molar-refractivity contribution in [2.75, 3.05) is 5.32 Å². The number of carbonyl (C=O) groups is 1. The van der Waals surface area contributed by atoms with Gasteiger partial charge >= 0.3 is 0 Å². The molecule has 5 heteroatoms. The molecule has 0 saturated heterocycles. The van der Waals surface area contributed by atoms with Crippen LogP contribution in [0.3, 0.4) is 0 Å². The molecule has 2 aromatic rings. The summed E-state index contributed by atoms with van der Waals surface area (Å²) >= 11 is 0. The van der Waals surface area contributed by atoms with Crippen LogP contribution in [-0.4, -0.2) is 16.0 Å². The lowest BCUT2D eigenvalue weighted by Gasteiger charge is -2.05. The Morgan fingerprint density at radius 2 is 2.11 bits per heavy atom. The molecule has 0 bridgehead atoms. The minimum absolute atomic E-state index is 0.143. The quantitative estimate of drug-likeness (QED) is 0.855. The number of carbonyl (C=O) groups excluding carboxylic acids is 1. The lowest BCUT2D eigenvalue weighted by molar-refractivity contribution is 0.102. The molecule has 0 radical (unpaired) electrons. The largest absolute Gasteiger partial charge is 0.508 e. The van der Waals surface area contributed by atoms with Gasteiger partial charge in [-0.1, -0.05) is 6.07 Å². The summed E-state index contributed by atoms with van der Waals surface area (Å²) in [4.78, 5) is 15.7. The van der Waals surface area contributed by atoms with E-state index in [0.29, 0.717) is 5.82 Å². The number of benzene rings is 1. The van der Waals surface area contributed by atoms with Gasteiger partial charge in [-0.25, -0.2) is 9.37 Å². The van der Waals surface area contributed by atoms with Crippen molar-refractivity contribution in [3.63, 3.8) is 0 Å². The van der Waals surface area contributed by atoms with Gasteiger partial charge in [0.15, 0.2) is 0 Å². The Kier molecular flexibility index (Phi) is 3.23. The highest BCUT2D eigenvalue weighted by molar-refractivity contribution is 6.04. The van der Waals surface area contributed by atoms with Gasteiger partial charge in [-0.2, -0.15) is 0 Å². The number of hydrogen-bond donors (Lipinski definition) is 2. The van der Waals surface area contributed by atoms with Gasteiger partial charge in [0, 0.05) is 12.3 Å². The van der Waals surface area contributed by atoms with Crippen molar-refractivity contribution < 1.29 is 14.3 Å². The van der Waals surface area contributed by atoms with Crippen LogP contribution in [0.4, 0.5) is 10.2 Å². The number of phenolic OH excluding ortho intramolecular Hbond substituents is 1. The van der Waals surface area contributed by atoms with Crippen LogP contribution in [0.2, 0.25) is 0 Å². The minimum Gasteiger partial charge on any atom is -0.508 e. The van der Waals surface area contributed by atoms with E-state index in [1.54, 1.807) is 18.3 Å². The van der Waals surface area contributed by atoms with E-state index in [1.165, 1.54) is 12.1 Å². The van der Waals surface area contributed by atoms with Crippen molar-refractivity contribution >= 4 is 11.7 Å². The standard InChI is InChI=1S/C13H11FN2O2/c1-8-2-5-12(15-7-8)16-13(18)10-4-3-9(17)6-11(10)14/h2-7,17H,1H3,(H,15,16,18). The van der Waals surface area contributed by atoms with Crippen LogP contribution in [0.5, 0.6) is 5.75 Å². The second-order valence-corrected chi connectivity index (χ2v) is 3.84. The van der Waals surface area contributed by atoms with Crippen molar-refractivity contribution in [1.82, 2.24) is 4.98 Å². The first-order valence-electron chi connectivity index (χ1n) is 5.29. The summed E-state index contributed by atoms with van der Waals surface area (Å²) in [5.74, 6) is -1.26. The Morgan fingerprint density at radius 3 is 2.72 bits per heavy atom. The zero-order valence-electron chi connectivity index (χ0n) is 9.64. The van der Waals surface area contributed by atoms with E-state index in [4.69, 9.17) is 5.11 Å². The molecular weight excluding hydrogens is 235 g/mol. The Bertz CT molecular complexity index is 582. The molecule has 0 unspecified atom stereocenters. The van der Waals surface area contributed by atoms with Gasteiger partial charge < -0.3 is 10.4 Å². The lowest BCUT2D eigenvalue weighted by Crippen LogP contribution is -2.14. The molecule has 0 aliphatic rings. The van der Waals surface area contributed by atoms with Crippen molar-refractivity contribution in [3.8, 4) is 5.75 Å². The number of phenols is 1. The molecule has 2 N–H and O–H groups in total. The van der Waals surface area contributed by atoms with E-state index in [-0.39, 0.29) is 11.3 Å². The first kappa shape index (κ1) is 12.0. The molecule has 2 rings (SSSR count). The highest BCUT2D eigenvalue weighted by atomic mass is 19.1. The third-order valence-corrected chi connectivity index (χ3v) is 2.35. The van der Waals surface area contributed by atoms with Gasteiger partial charge in [0.25, 0.3) is 5.91 Å². The maximum Gasteiger partial charge on any atom is 0.259 e. The number of aryl methyl sites for hydroxylation is 1. The number of aromatic hydroxyl groups is 1. The molecule has 1 aromatic heterocycles. The molecule has 0 atom stereocenters. The van der Waals surface area contributed by atoms with Gasteiger partial charge in [-0.15, -0.1) is 0 Å². The summed E-state index contributed by atoms with van der Waals surface area (Å²) in [7, 11) is 0. The van der Waals surface area contributed by atoms with Crippen molar-refractivity contribution in [1.29, 1.82) is 0 Å². The van der Waals surface area contributed by atoms with Gasteiger partial charge in [-0.05, 0) is 30.7 Å². The van der Waals surface area contributed by atoms with Crippen LogP contribution < -0.4 is 5.32 Å².